The Morgan fingerprint density at radius 2 is 1.26 bits per heavy atom. The molecule has 0 saturated heterocycles. The maximum Gasteiger partial charge on any atom is 0.332 e. The van der Waals surface area contributed by atoms with Crippen LogP contribution in [-0.2, 0) is 0 Å². The third-order valence-corrected chi connectivity index (χ3v) is 5.43. The van der Waals surface area contributed by atoms with Gasteiger partial charge >= 0.3 is 6.04 Å². The van der Waals surface area contributed by atoms with Crippen molar-refractivity contribution in [2.24, 2.45) is 0 Å². The fourth-order valence-corrected chi connectivity index (χ4v) is 3.85. The van der Waals surface area contributed by atoms with Gasteiger partial charge in [0, 0.05) is 10.9 Å². The van der Waals surface area contributed by atoms with Gasteiger partial charge in [-0.05, 0) is 86.2 Å². The van der Waals surface area contributed by atoms with Crippen molar-refractivity contribution in [1.29, 1.82) is 0 Å². The number of hydrogen-bond donors (Lipinski definition) is 0. The first-order valence-electron chi connectivity index (χ1n) is 10.2. The van der Waals surface area contributed by atoms with Gasteiger partial charge in [0.2, 0.25) is 0 Å². The number of carbonyl (C=O) groups is 1. The van der Waals surface area contributed by atoms with E-state index in [0.717, 1.165) is 42.0 Å². The Morgan fingerprint density at radius 1 is 0.706 bits per heavy atom. The summed E-state index contributed by atoms with van der Waals surface area (Å²) in [5.74, 6) is -4.43. The molecule has 0 fully saturated rings. The van der Waals surface area contributed by atoms with Crippen molar-refractivity contribution in [1.82, 2.24) is 0 Å². The minimum atomic E-state index is -1.34. The molecule has 0 aromatic heterocycles. The van der Waals surface area contributed by atoms with Crippen LogP contribution in [0.5, 0.6) is 0 Å². The van der Waals surface area contributed by atoms with Crippen LogP contribution in [0.25, 0.3) is 21.9 Å². The number of halogens is 6. The third kappa shape index (κ3) is 4.98. The monoisotopic (exact) mass is 474 g/mol. The van der Waals surface area contributed by atoms with Crippen LogP contribution < -0.4 is 0 Å². The standard InChI is InChI=1S/C17H9F5.C10H11FO/c1-8-13(19)6-10(7-14(8)20)16-15(21)5-9-4-11(18)2-3-12(9)17(16)22;1-6-4-7(2)9(10(11)12)8(3)5-6/h2-7H,1H3;4-5H,1-3H3. The van der Waals surface area contributed by atoms with Gasteiger partial charge in [0.05, 0.1) is 11.1 Å². The lowest BCUT2D eigenvalue weighted by molar-refractivity contribution is 0.0834. The number of aryl methyl sites for hydroxylation is 3. The quantitative estimate of drug-likeness (QED) is 0.211. The molecule has 0 N–H and O–H groups in total. The van der Waals surface area contributed by atoms with Gasteiger partial charge in [0.1, 0.15) is 29.1 Å². The Kier molecular flexibility index (Phi) is 7.15. The van der Waals surface area contributed by atoms with Crippen molar-refractivity contribution < 1.29 is 31.1 Å². The fourth-order valence-electron chi connectivity index (χ4n) is 3.85. The lowest BCUT2D eigenvalue weighted by atomic mass is 9.98. The molecule has 4 aromatic rings. The van der Waals surface area contributed by atoms with E-state index in [1.165, 1.54) is 6.92 Å². The molecule has 0 spiro atoms. The van der Waals surface area contributed by atoms with Crippen molar-refractivity contribution in [2.45, 2.75) is 27.7 Å². The SMILES string of the molecule is Cc1c(F)cc(-c2c(F)cc3cc(F)ccc3c2F)cc1F.Cc1cc(C)c(C(=O)F)c(C)c1. The van der Waals surface area contributed by atoms with Gasteiger partial charge in [0.15, 0.2) is 0 Å². The van der Waals surface area contributed by atoms with Crippen molar-refractivity contribution >= 4 is 16.8 Å². The van der Waals surface area contributed by atoms with Crippen LogP contribution in [0, 0.1) is 56.8 Å². The van der Waals surface area contributed by atoms with Crippen LogP contribution in [0.15, 0.2) is 48.5 Å². The summed E-state index contributed by atoms with van der Waals surface area (Å²) in [5, 5.41) is 0.00555. The van der Waals surface area contributed by atoms with E-state index >= 15 is 0 Å². The van der Waals surface area contributed by atoms with Gasteiger partial charge in [-0.1, -0.05) is 17.7 Å². The third-order valence-electron chi connectivity index (χ3n) is 5.43. The van der Waals surface area contributed by atoms with Crippen molar-refractivity contribution in [3.63, 3.8) is 0 Å². The van der Waals surface area contributed by atoms with E-state index in [1.54, 1.807) is 26.0 Å². The molecule has 0 heterocycles. The van der Waals surface area contributed by atoms with Crippen LogP contribution in [0.3, 0.4) is 0 Å². The fraction of sp³-hybridized carbons (Fsp3) is 0.148. The van der Waals surface area contributed by atoms with E-state index in [4.69, 9.17) is 0 Å². The molecule has 4 rings (SSSR count). The number of fused-ring (bicyclic) bond motifs is 1. The van der Waals surface area contributed by atoms with Crippen LogP contribution in [-0.4, -0.2) is 6.04 Å². The van der Waals surface area contributed by atoms with Crippen LogP contribution in [0.2, 0.25) is 0 Å². The predicted molar refractivity (Wildman–Crippen MR) is 120 cm³/mol. The van der Waals surface area contributed by atoms with E-state index in [-0.39, 0.29) is 27.5 Å². The van der Waals surface area contributed by atoms with Crippen molar-refractivity contribution in [2.75, 3.05) is 0 Å². The molecule has 34 heavy (non-hydrogen) atoms. The maximum absolute atomic E-state index is 14.5. The molecule has 0 saturated carbocycles. The molecule has 176 valence electrons. The molecule has 0 aliphatic rings. The second-order valence-electron chi connectivity index (χ2n) is 8.03. The highest BCUT2D eigenvalue weighted by Crippen LogP contribution is 2.33. The summed E-state index contributed by atoms with van der Waals surface area (Å²) in [6.07, 6.45) is 0. The summed E-state index contributed by atoms with van der Waals surface area (Å²) >= 11 is 0. The summed E-state index contributed by atoms with van der Waals surface area (Å²) in [6, 6.07) is 8.12. The Bertz CT molecular complexity index is 1380. The highest BCUT2D eigenvalue weighted by Gasteiger charge is 2.18. The Morgan fingerprint density at radius 3 is 1.79 bits per heavy atom. The first-order valence-corrected chi connectivity index (χ1v) is 10.2. The van der Waals surface area contributed by atoms with E-state index in [2.05, 4.69) is 0 Å². The number of benzene rings is 4. The topological polar surface area (TPSA) is 17.1 Å². The highest BCUT2D eigenvalue weighted by molar-refractivity contribution is 5.92. The molecule has 0 bridgehead atoms. The van der Waals surface area contributed by atoms with E-state index in [1.807, 2.05) is 6.92 Å². The van der Waals surface area contributed by atoms with Gasteiger partial charge in [-0.15, -0.1) is 0 Å². The molecule has 0 aliphatic carbocycles. The molecule has 0 aliphatic heterocycles. The summed E-state index contributed by atoms with van der Waals surface area (Å²) in [7, 11) is 0. The molecule has 4 aromatic carbocycles. The van der Waals surface area contributed by atoms with Crippen LogP contribution in [0.1, 0.15) is 32.6 Å². The molecule has 0 amide bonds. The Balaban J connectivity index is 0.000000229. The number of hydrogen-bond acceptors (Lipinski definition) is 1. The van der Waals surface area contributed by atoms with Gasteiger partial charge in [0.25, 0.3) is 0 Å². The van der Waals surface area contributed by atoms with E-state index < -0.39 is 40.7 Å². The molecular formula is C27H20F6O. The minimum absolute atomic E-state index is 0.0285. The average Bonchev–Trinajstić information content (AvgIpc) is 2.71. The summed E-state index contributed by atoms with van der Waals surface area (Å²) < 4.78 is 81.5. The molecular weight excluding hydrogens is 454 g/mol. The van der Waals surface area contributed by atoms with Crippen molar-refractivity contribution in [3.8, 4) is 11.1 Å². The summed E-state index contributed by atoms with van der Waals surface area (Å²) in [5.41, 5.74) is 1.65. The molecule has 0 unspecified atom stereocenters. The molecule has 1 nitrogen and oxygen atoms in total. The summed E-state index contributed by atoms with van der Waals surface area (Å²) in [6.45, 7) is 6.64. The van der Waals surface area contributed by atoms with Crippen molar-refractivity contribution in [3.05, 3.63) is 105 Å². The van der Waals surface area contributed by atoms with Gasteiger partial charge in [-0.3, -0.25) is 4.79 Å². The second-order valence-corrected chi connectivity index (χ2v) is 8.03. The largest absolute Gasteiger partial charge is 0.332 e. The Labute approximate surface area is 192 Å². The van der Waals surface area contributed by atoms with Gasteiger partial charge in [-0.2, -0.15) is 4.39 Å². The highest BCUT2D eigenvalue weighted by atomic mass is 19.2. The maximum atomic E-state index is 14.5. The minimum Gasteiger partial charge on any atom is -0.255 e. The zero-order chi connectivity index (χ0) is 25.3. The zero-order valence-electron chi connectivity index (χ0n) is 18.8. The first-order chi connectivity index (χ1) is 15.9. The smallest absolute Gasteiger partial charge is 0.255 e. The number of carbonyl (C=O) groups excluding carboxylic acids is 1. The second kappa shape index (κ2) is 9.71. The Hall–Kier alpha value is -3.61. The molecule has 0 atom stereocenters. The average molecular weight is 474 g/mol. The number of rotatable bonds is 2. The van der Waals surface area contributed by atoms with E-state index in [9.17, 15) is 31.1 Å². The zero-order valence-corrected chi connectivity index (χ0v) is 18.8. The lowest BCUT2D eigenvalue weighted by Gasteiger charge is -2.10. The lowest BCUT2D eigenvalue weighted by Crippen LogP contribution is -1.98. The van der Waals surface area contributed by atoms with Gasteiger partial charge in [-0.25, -0.2) is 22.0 Å². The van der Waals surface area contributed by atoms with Gasteiger partial charge < -0.3 is 0 Å². The summed E-state index contributed by atoms with van der Waals surface area (Å²) in [4.78, 5) is 10.5. The normalized spacial score (nSPS) is 10.8. The first kappa shape index (κ1) is 25.0. The van der Waals surface area contributed by atoms with Crippen LogP contribution in [0.4, 0.5) is 26.3 Å². The predicted octanol–water partition coefficient (Wildman–Crippen LogP) is 8.23. The molecule has 0 radical (unpaired) electrons. The molecule has 7 heteroatoms. The van der Waals surface area contributed by atoms with Crippen LogP contribution >= 0.6 is 0 Å². The van der Waals surface area contributed by atoms with E-state index in [0.29, 0.717) is 11.1 Å².